The van der Waals surface area contributed by atoms with E-state index < -0.39 is 23.8 Å². The number of hydrogen-bond donors (Lipinski definition) is 2. The van der Waals surface area contributed by atoms with Crippen molar-refractivity contribution in [1.82, 2.24) is 24.4 Å². The van der Waals surface area contributed by atoms with Gasteiger partial charge in [-0.15, -0.1) is 0 Å². The number of aromatic amines is 1. The number of fused-ring (bicyclic) bond motifs is 2. The molecule has 1 amide bonds. The van der Waals surface area contributed by atoms with Crippen molar-refractivity contribution in [3.63, 3.8) is 0 Å². The quantitative estimate of drug-likeness (QED) is 0.372. The van der Waals surface area contributed by atoms with Crippen molar-refractivity contribution in [3.05, 3.63) is 93.8 Å². The van der Waals surface area contributed by atoms with Gasteiger partial charge in [0.25, 0.3) is 0 Å². The smallest absolute Gasteiger partial charge is 0.407 e. The lowest BCUT2D eigenvalue weighted by Crippen LogP contribution is -2.49. The standard InChI is InChI=1S/C28H27F2N5O3/c29-21-6-1-5-19(24(21)30)16-8-9-20(25-17(14-16)4-2-11-31-25)23-15-18(10-13-34(23)28(37)38)35-22-7-3-12-32-26(22)33-27(35)36/h1-7,11-12,16,18,20,23H,8-10,13-15H2,(H,37,38)(H,32,33,36)/t16-,18?,20+,23?/m1/s1. The number of hydrogen-bond acceptors (Lipinski definition) is 4. The highest BCUT2D eigenvalue weighted by atomic mass is 19.2. The molecule has 0 spiro atoms. The van der Waals surface area contributed by atoms with E-state index in [1.807, 2.05) is 18.2 Å². The van der Waals surface area contributed by atoms with Crippen LogP contribution >= 0.6 is 0 Å². The molecule has 0 bridgehead atoms. The van der Waals surface area contributed by atoms with E-state index in [9.17, 15) is 23.5 Å². The number of nitrogens with zero attached hydrogens (tertiary/aromatic N) is 4. The van der Waals surface area contributed by atoms with Crippen molar-refractivity contribution in [2.75, 3.05) is 6.54 Å². The first-order valence-corrected chi connectivity index (χ1v) is 12.8. The number of rotatable bonds is 3. The molecule has 1 fully saturated rings. The number of likely N-dealkylation sites (tertiary alicyclic amines) is 1. The van der Waals surface area contributed by atoms with Gasteiger partial charge in [0.05, 0.1) is 5.52 Å². The summed E-state index contributed by atoms with van der Waals surface area (Å²) in [5.74, 6) is -2.23. The number of nitrogens with one attached hydrogen (secondary N) is 1. The average molecular weight is 520 g/mol. The Morgan fingerprint density at radius 1 is 1.03 bits per heavy atom. The minimum atomic E-state index is -1.02. The Balaban J connectivity index is 1.38. The highest BCUT2D eigenvalue weighted by Gasteiger charge is 2.41. The van der Waals surface area contributed by atoms with Crippen LogP contribution in [0.2, 0.25) is 0 Å². The van der Waals surface area contributed by atoms with Crippen LogP contribution in [0.3, 0.4) is 0 Å². The second-order valence-corrected chi connectivity index (χ2v) is 10.2. The van der Waals surface area contributed by atoms with E-state index in [0.717, 1.165) is 17.3 Å². The molecular formula is C28H27F2N5O3. The molecule has 2 aliphatic rings. The second-order valence-electron chi connectivity index (χ2n) is 10.2. The van der Waals surface area contributed by atoms with Gasteiger partial charge in [0.1, 0.15) is 0 Å². The van der Waals surface area contributed by atoms with E-state index in [2.05, 4.69) is 15.0 Å². The predicted molar refractivity (Wildman–Crippen MR) is 136 cm³/mol. The number of carboxylic acid groups (broad SMARTS) is 1. The summed E-state index contributed by atoms with van der Waals surface area (Å²) in [6, 6.07) is 10.9. The van der Waals surface area contributed by atoms with Crippen LogP contribution in [0.5, 0.6) is 0 Å². The molecule has 8 nitrogen and oxygen atoms in total. The minimum Gasteiger partial charge on any atom is -0.465 e. The molecule has 2 unspecified atom stereocenters. The molecule has 196 valence electrons. The van der Waals surface area contributed by atoms with Crippen LogP contribution in [0.25, 0.3) is 11.2 Å². The maximum atomic E-state index is 14.8. The van der Waals surface area contributed by atoms with Gasteiger partial charge < -0.3 is 10.0 Å². The molecule has 1 aliphatic heterocycles. The normalized spacial score (nSPS) is 23.7. The largest absolute Gasteiger partial charge is 0.465 e. The van der Waals surface area contributed by atoms with Gasteiger partial charge in [-0.1, -0.05) is 18.2 Å². The number of imidazole rings is 1. The first kappa shape index (κ1) is 24.3. The van der Waals surface area contributed by atoms with E-state index in [0.29, 0.717) is 48.8 Å². The Kier molecular flexibility index (Phi) is 6.17. The number of H-pyrrole nitrogens is 1. The van der Waals surface area contributed by atoms with Gasteiger partial charge in [0, 0.05) is 42.6 Å². The summed E-state index contributed by atoms with van der Waals surface area (Å²) in [6.45, 7) is 0.269. The molecule has 2 N–H and O–H groups in total. The van der Waals surface area contributed by atoms with Crippen LogP contribution in [0.1, 0.15) is 60.4 Å². The van der Waals surface area contributed by atoms with E-state index in [1.165, 1.54) is 11.0 Å². The van der Waals surface area contributed by atoms with Crippen molar-refractivity contribution < 1.29 is 18.7 Å². The molecule has 0 radical (unpaired) electrons. The lowest BCUT2D eigenvalue weighted by atomic mass is 9.82. The molecule has 0 saturated carbocycles. The summed E-state index contributed by atoms with van der Waals surface area (Å²) < 4.78 is 30.5. The van der Waals surface area contributed by atoms with Crippen LogP contribution in [0, 0.1) is 11.6 Å². The van der Waals surface area contributed by atoms with E-state index in [-0.39, 0.29) is 30.1 Å². The average Bonchev–Trinajstić information content (AvgIpc) is 3.13. The summed E-state index contributed by atoms with van der Waals surface area (Å²) >= 11 is 0. The van der Waals surface area contributed by atoms with Crippen molar-refractivity contribution >= 4 is 17.3 Å². The fourth-order valence-electron chi connectivity index (χ4n) is 6.47. The van der Waals surface area contributed by atoms with E-state index in [1.54, 1.807) is 29.1 Å². The molecule has 38 heavy (non-hydrogen) atoms. The summed E-state index contributed by atoms with van der Waals surface area (Å²) in [4.78, 5) is 38.5. The molecule has 1 aromatic carbocycles. The molecule has 1 saturated heterocycles. The van der Waals surface area contributed by atoms with Gasteiger partial charge in [-0.3, -0.25) is 14.5 Å². The first-order valence-electron chi connectivity index (χ1n) is 12.8. The predicted octanol–water partition coefficient (Wildman–Crippen LogP) is 4.99. The molecule has 10 heteroatoms. The maximum Gasteiger partial charge on any atom is 0.407 e. The van der Waals surface area contributed by atoms with Crippen LogP contribution < -0.4 is 5.69 Å². The molecular weight excluding hydrogens is 492 g/mol. The van der Waals surface area contributed by atoms with Crippen LogP contribution in [0.15, 0.2) is 59.7 Å². The number of pyridine rings is 2. The van der Waals surface area contributed by atoms with Gasteiger partial charge in [-0.25, -0.2) is 23.4 Å². The van der Waals surface area contributed by atoms with Gasteiger partial charge >= 0.3 is 11.8 Å². The van der Waals surface area contributed by atoms with Gasteiger partial charge in [-0.05, 0) is 73.4 Å². The third-order valence-corrected chi connectivity index (χ3v) is 8.17. The molecule has 4 atom stereocenters. The summed E-state index contributed by atoms with van der Waals surface area (Å²) in [5, 5.41) is 10.1. The zero-order chi connectivity index (χ0) is 26.4. The second kappa shape index (κ2) is 9.66. The number of piperidine rings is 1. The number of halogens is 2. The Hall–Kier alpha value is -4.08. The lowest BCUT2D eigenvalue weighted by Gasteiger charge is -2.42. The zero-order valence-electron chi connectivity index (χ0n) is 20.6. The Morgan fingerprint density at radius 3 is 2.68 bits per heavy atom. The number of aromatic nitrogens is 4. The van der Waals surface area contributed by atoms with Crippen LogP contribution in [0.4, 0.5) is 13.6 Å². The first-order chi connectivity index (χ1) is 18.4. The zero-order valence-corrected chi connectivity index (χ0v) is 20.6. The molecule has 1 aliphatic carbocycles. The van der Waals surface area contributed by atoms with Crippen molar-refractivity contribution in [2.45, 2.75) is 56.0 Å². The number of benzene rings is 1. The van der Waals surface area contributed by atoms with E-state index >= 15 is 0 Å². The maximum absolute atomic E-state index is 14.8. The molecule has 3 aromatic heterocycles. The SMILES string of the molecule is O=C(O)N1CCC(n2c(=O)[nH]c3ncccc32)CC1[C@@H]1CC[C@@H](c2cccc(F)c2F)Cc2cccnc21. The fraction of sp³-hybridized carbons (Fsp3) is 0.357. The minimum absolute atomic E-state index is 0.229. The number of amides is 1. The van der Waals surface area contributed by atoms with Crippen LogP contribution in [-0.2, 0) is 6.42 Å². The van der Waals surface area contributed by atoms with Crippen molar-refractivity contribution in [2.24, 2.45) is 0 Å². The summed E-state index contributed by atoms with van der Waals surface area (Å²) in [7, 11) is 0. The van der Waals surface area contributed by atoms with Gasteiger partial charge in [-0.2, -0.15) is 0 Å². The third kappa shape index (κ3) is 4.13. The molecule has 4 heterocycles. The lowest BCUT2D eigenvalue weighted by molar-refractivity contribution is 0.0779. The van der Waals surface area contributed by atoms with E-state index in [4.69, 9.17) is 0 Å². The van der Waals surface area contributed by atoms with Crippen LogP contribution in [-0.4, -0.2) is 48.2 Å². The summed E-state index contributed by atoms with van der Waals surface area (Å²) in [6.07, 6.45) is 4.79. The third-order valence-electron chi connectivity index (χ3n) is 8.17. The van der Waals surface area contributed by atoms with Crippen molar-refractivity contribution in [3.8, 4) is 0 Å². The van der Waals surface area contributed by atoms with Gasteiger partial charge in [0.2, 0.25) is 0 Å². The Labute approximate surface area is 217 Å². The molecule has 6 rings (SSSR count). The molecule has 4 aromatic rings. The topological polar surface area (TPSA) is 104 Å². The Morgan fingerprint density at radius 2 is 1.84 bits per heavy atom. The highest BCUT2D eigenvalue weighted by molar-refractivity contribution is 5.70. The van der Waals surface area contributed by atoms with Gasteiger partial charge in [0.15, 0.2) is 17.3 Å². The van der Waals surface area contributed by atoms with Crippen molar-refractivity contribution in [1.29, 1.82) is 0 Å². The summed E-state index contributed by atoms with van der Waals surface area (Å²) in [5.41, 5.74) is 2.94. The number of carbonyl (C=O) groups is 1. The highest BCUT2D eigenvalue weighted by Crippen LogP contribution is 2.43. The fourth-order valence-corrected chi connectivity index (χ4v) is 6.47. The monoisotopic (exact) mass is 519 g/mol. The Bertz CT molecular complexity index is 1570.